The minimum Gasteiger partial charge on any atom is -0.350 e. The van der Waals surface area contributed by atoms with E-state index in [1.807, 2.05) is 23.2 Å². The Morgan fingerprint density at radius 2 is 1.97 bits per heavy atom. The molecule has 0 saturated carbocycles. The van der Waals surface area contributed by atoms with Crippen molar-refractivity contribution >= 4 is 17.6 Å². The molecule has 33 heavy (non-hydrogen) atoms. The Balaban J connectivity index is 1.29. The average molecular weight is 449 g/mol. The summed E-state index contributed by atoms with van der Waals surface area (Å²) in [5, 5.41) is 0. The van der Waals surface area contributed by atoms with Crippen LogP contribution in [0.4, 0.5) is 5.82 Å². The Hall–Kier alpha value is -3.03. The van der Waals surface area contributed by atoms with Crippen molar-refractivity contribution in [3.63, 3.8) is 0 Å². The molecule has 2 fully saturated rings. The van der Waals surface area contributed by atoms with Crippen LogP contribution in [0.2, 0.25) is 0 Å². The summed E-state index contributed by atoms with van der Waals surface area (Å²) in [5.74, 6) is 2.21. The van der Waals surface area contributed by atoms with Gasteiger partial charge in [-0.05, 0) is 44.7 Å². The number of amides is 2. The molecular formula is C25H32N6O2. The first-order valence-corrected chi connectivity index (χ1v) is 12.0. The molecule has 2 aromatic rings. The molecule has 0 spiro atoms. The SMILES string of the molecule is Cc1nc(C2CCN(C(=O)[C@@H]3CC(=O)N(C)C3)CC2)nc2c1CCCN2Cc1ccccn1. The molecule has 1 atom stereocenters. The van der Waals surface area contributed by atoms with Gasteiger partial charge in [-0.15, -0.1) is 0 Å². The van der Waals surface area contributed by atoms with Crippen molar-refractivity contribution in [1.29, 1.82) is 0 Å². The van der Waals surface area contributed by atoms with Crippen LogP contribution in [-0.2, 0) is 22.6 Å². The van der Waals surface area contributed by atoms with E-state index in [4.69, 9.17) is 9.97 Å². The zero-order chi connectivity index (χ0) is 22.9. The Bertz CT molecular complexity index is 1030. The molecule has 8 heteroatoms. The number of fused-ring (bicyclic) bond motifs is 1. The van der Waals surface area contributed by atoms with E-state index in [2.05, 4.69) is 22.9 Å². The van der Waals surface area contributed by atoms with Gasteiger partial charge in [0.2, 0.25) is 11.8 Å². The molecule has 0 unspecified atom stereocenters. The average Bonchev–Trinajstić information content (AvgIpc) is 3.18. The van der Waals surface area contributed by atoms with Crippen LogP contribution in [0, 0.1) is 12.8 Å². The molecule has 2 amide bonds. The summed E-state index contributed by atoms with van der Waals surface area (Å²) in [7, 11) is 1.77. The second-order valence-electron chi connectivity index (χ2n) is 9.59. The van der Waals surface area contributed by atoms with Gasteiger partial charge >= 0.3 is 0 Å². The van der Waals surface area contributed by atoms with Crippen LogP contribution in [0.15, 0.2) is 24.4 Å². The lowest BCUT2D eigenvalue weighted by Crippen LogP contribution is -2.42. The maximum Gasteiger partial charge on any atom is 0.227 e. The number of hydrogen-bond acceptors (Lipinski definition) is 6. The van der Waals surface area contributed by atoms with Crippen LogP contribution in [0.3, 0.4) is 0 Å². The molecule has 2 saturated heterocycles. The van der Waals surface area contributed by atoms with Gasteiger partial charge in [0.15, 0.2) is 0 Å². The van der Waals surface area contributed by atoms with Crippen LogP contribution >= 0.6 is 0 Å². The molecule has 3 aliphatic heterocycles. The monoisotopic (exact) mass is 448 g/mol. The Kier molecular flexibility index (Phi) is 6.00. The fourth-order valence-corrected chi connectivity index (χ4v) is 5.38. The van der Waals surface area contributed by atoms with Gasteiger partial charge in [-0.3, -0.25) is 14.6 Å². The third-order valence-corrected chi connectivity index (χ3v) is 7.30. The van der Waals surface area contributed by atoms with Crippen molar-refractivity contribution in [1.82, 2.24) is 24.8 Å². The molecule has 174 valence electrons. The number of likely N-dealkylation sites (tertiary alicyclic amines) is 2. The third-order valence-electron chi connectivity index (χ3n) is 7.30. The number of rotatable bonds is 4. The number of hydrogen-bond donors (Lipinski definition) is 0. The number of aryl methyl sites for hydroxylation is 1. The second-order valence-corrected chi connectivity index (χ2v) is 9.59. The number of carbonyl (C=O) groups excluding carboxylic acids is 2. The van der Waals surface area contributed by atoms with Gasteiger partial charge in [-0.25, -0.2) is 9.97 Å². The summed E-state index contributed by atoms with van der Waals surface area (Å²) >= 11 is 0. The van der Waals surface area contributed by atoms with E-state index >= 15 is 0 Å². The summed E-state index contributed by atoms with van der Waals surface area (Å²) in [4.78, 5) is 45.2. The van der Waals surface area contributed by atoms with Crippen molar-refractivity contribution in [3.05, 3.63) is 47.2 Å². The molecule has 5 rings (SSSR count). The fraction of sp³-hybridized carbons (Fsp3) is 0.560. The fourth-order valence-electron chi connectivity index (χ4n) is 5.38. The highest BCUT2D eigenvalue weighted by atomic mass is 16.2. The minimum absolute atomic E-state index is 0.0661. The van der Waals surface area contributed by atoms with E-state index in [0.717, 1.165) is 61.8 Å². The summed E-state index contributed by atoms with van der Waals surface area (Å²) in [6.07, 6.45) is 6.02. The van der Waals surface area contributed by atoms with Crippen LogP contribution in [0.25, 0.3) is 0 Å². The van der Waals surface area contributed by atoms with Gasteiger partial charge < -0.3 is 14.7 Å². The molecule has 0 aromatic carbocycles. The van der Waals surface area contributed by atoms with Crippen molar-refractivity contribution in [2.24, 2.45) is 5.92 Å². The zero-order valence-electron chi connectivity index (χ0n) is 19.5. The number of pyridine rings is 1. The van der Waals surface area contributed by atoms with E-state index in [-0.39, 0.29) is 23.7 Å². The highest BCUT2D eigenvalue weighted by Crippen LogP contribution is 2.33. The highest BCUT2D eigenvalue weighted by Gasteiger charge is 2.36. The highest BCUT2D eigenvalue weighted by molar-refractivity contribution is 5.89. The molecule has 0 bridgehead atoms. The number of carbonyl (C=O) groups is 2. The van der Waals surface area contributed by atoms with Gasteiger partial charge in [0, 0.05) is 63.0 Å². The summed E-state index contributed by atoms with van der Waals surface area (Å²) < 4.78 is 0. The molecule has 8 nitrogen and oxygen atoms in total. The molecule has 0 radical (unpaired) electrons. The molecule has 3 aliphatic rings. The van der Waals surface area contributed by atoms with Crippen molar-refractivity contribution in [2.75, 3.05) is 38.1 Å². The van der Waals surface area contributed by atoms with E-state index in [1.165, 1.54) is 5.56 Å². The number of anilines is 1. The predicted octanol–water partition coefficient (Wildman–Crippen LogP) is 2.32. The first-order valence-electron chi connectivity index (χ1n) is 12.0. The topological polar surface area (TPSA) is 82.5 Å². The van der Waals surface area contributed by atoms with Crippen LogP contribution < -0.4 is 4.90 Å². The number of piperidine rings is 1. The molecule has 2 aromatic heterocycles. The Morgan fingerprint density at radius 1 is 1.15 bits per heavy atom. The van der Waals surface area contributed by atoms with Gasteiger partial charge in [0.05, 0.1) is 18.2 Å². The second kappa shape index (κ2) is 9.08. The van der Waals surface area contributed by atoms with Gasteiger partial charge in [-0.1, -0.05) is 6.07 Å². The largest absolute Gasteiger partial charge is 0.350 e. The molecule has 5 heterocycles. The smallest absolute Gasteiger partial charge is 0.227 e. The lowest BCUT2D eigenvalue weighted by molar-refractivity contribution is -0.136. The molecule has 0 N–H and O–H groups in total. The minimum atomic E-state index is -0.193. The lowest BCUT2D eigenvalue weighted by Gasteiger charge is -2.34. The van der Waals surface area contributed by atoms with E-state index in [9.17, 15) is 9.59 Å². The Labute approximate surface area is 195 Å². The Morgan fingerprint density at radius 3 is 2.67 bits per heavy atom. The first-order chi connectivity index (χ1) is 16.0. The van der Waals surface area contributed by atoms with E-state index in [0.29, 0.717) is 26.1 Å². The van der Waals surface area contributed by atoms with Crippen LogP contribution in [0.5, 0.6) is 0 Å². The van der Waals surface area contributed by atoms with Crippen molar-refractivity contribution in [3.8, 4) is 0 Å². The van der Waals surface area contributed by atoms with Gasteiger partial charge in [0.1, 0.15) is 11.6 Å². The van der Waals surface area contributed by atoms with Gasteiger partial charge in [-0.2, -0.15) is 0 Å². The van der Waals surface area contributed by atoms with Crippen LogP contribution in [0.1, 0.15) is 54.4 Å². The summed E-state index contributed by atoms with van der Waals surface area (Å²) in [5.41, 5.74) is 3.38. The maximum atomic E-state index is 12.9. The van der Waals surface area contributed by atoms with Crippen molar-refractivity contribution in [2.45, 2.75) is 51.5 Å². The summed E-state index contributed by atoms with van der Waals surface area (Å²) in [6, 6.07) is 6.03. The molecular weight excluding hydrogens is 416 g/mol. The lowest BCUT2D eigenvalue weighted by atomic mass is 9.94. The quantitative estimate of drug-likeness (QED) is 0.714. The number of aromatic nitrogens is 3. The third kappa shape index (κ3) is 4.43. The number of nitrogens with zero attached hydrogens (tertiary/aromatic N) is 6. The van der Waals surface area contributed by atoms with Crippen molar-refractivity contribution < 1.29 is 9.59 Å². The maximum absolute atomic E-state index is 12.9. The van der Waals surface area contributed by atoms with E-state index in [1.54, 1.807) is 11.9 Å². The first kappa shape index (κ1) is 21.8. The zero-order valence-corrected chi connectivity index (χ0v) is 19.5. The standard InChI is InChI=1S/C25H32N6O2/c1-17-21-7-5-11-31(16-20-6-3-4-10-26-20)24(21)28-23(27-17)18-8-12-30(13-9-18)25(33)19-14-22(32)29(2)15-19/h3-4,6,10,18-19H,5,7-9,11-16H2,1-2H3/t19-/m1/s1. The molecule has 0 aliphatic carbocycles. The van der Waals surface area contributed by atoms with E-state index < -0.39 is 0 Å². The predicted molar refractivity (Wildman–Crippen MR) is 125 cm³/mol. The summed E-state index contributed by atoms with van der Waals surface area (Å²) in [6.45, 7) is 5.77. The van der Waals surface area contributed by atoms with Crippen LogP contribution in [-0.4, -0.2) is 69.8 Å². The van der Waals surface area contributed by atoms with Gasteiger partial charge in [0.25, 0.3) is 0 Å². The normalized spacial score (nSPS) is 21.5.